The number of hydrogen-bond acceptors (Lipinski definition) is 1. The summed E-state index contributed by atoms with van der Waals surface area (Å²) < 4.78 is 0.0708. The van der Waals surface area contributed by atoms with E-state index >= 15 is 0 Å². The molecule has 0 saturated carbocycles. The van der Waals surface area contributed by atoms with Gasteiger partial charge in [0, 0.05) is 9.64 Å². The zero-order valence-corrected chi connectivity index (χ0v) is 7.82. The summed E-state index contributed by atoms with van der Waals surface area (Å²) in [5.41, 5.74) is 0. The van der Waals surface area contributed by atoms with Gasteiger partial charge in [0.25, 0.3) is 0 Å². The smallest absolute Gasteiger partial charge is 0.0151 e. The van der Waals surface area contributed by atoms with Crippen molar-refractivity contribution in [3.05, 3.63) is 37.3 Å². The Morgan fingerprint density at radius 1 is 1.18 bits per heavy atom. The van der Waals surface area contributed by atoms with E-state index < -0.39 is 0 Å². The Morgan fingerprint density at radius 2 is 1.73 bits per heavy atom. The zero-order valence-electron chi connectivity index (χ0n) is 7.00. The van der Waals surface area contributed by atoms with Crippen LogP contribution >= 0.6 is 11.8 Å². The molecule has 1 aromatic rings. The summed E-state index contributed by atoms with van der Waals surface area (Å²) in [6.45, 7) is 8.26. The second-order valence-electron chi connectivity index (χ2n) is 3.17. The van der Waals surface area contributed by atoms with E-state index in [1.54, 1.807) is 11.8 Å². The van der Waals surface area contributed by atoms with Crippen molar-refractivity contribution in [1.29, 1.82) is 0 Å². The molecule has 1 rings (SSSR count). The predicted molar refractivity (Wildman–Crippen MR) is 51.7 cm³/mol. The van der Waals surface area contributed by atoms with Gasteiger partial charge in [-0.25, -0.2) is 0 Å². The lowest BCUT2D eigenvalue weighted by Gasteiger charge is -2.16. The fourth-order valence-corrected chi connectivity index (χ4v) is 1.74. The largest absolute Gasteiger partial charge is 0.120 e. The second-order valence-corrected chi connectivity index (χ2v) is 4.96. The van der Waals surface area contributed by atoms with Gasteiger partial charge in [0.15, 0.2) is 0 Å². The van der Waals surface area contributed by atoms with Crippen molar-refractivity contribution in [1.82, 2.24) is 0 Å². The average Bonchev–Trinajstić information content (AvgIpc) is 1.85. The van der Waals surface area contributed by atoms with Crippen LogP contribution in [0, 0.1) is 6.92 Å². The van der Waals surface area contributed by atoms with Gasteiger partial charge in [0.2, 0.25) is 0 Å². The standard InChI is InChI=1S/C10H13S/c1-10(2,3)11-9-7-5-4-6-8-9/h4-8H,1H2,2-3H3. The Bertz CT molecular complexity index is 208. The maximum atomic E-state index is 4.03. The van der Waals surface area contributed by atoms with Crippen LogP contribution in [0.25, 0.3) is 0 Å². The molecular formula is C10H13S. The van der Waals surface area contributed by atoms with E-state index in [0.717, 1.165) is 0 Å². The van der Waals surface area contributed by atoms with Crippen molar-refractivity contribution in [3.63, 3.8) is 0 Å². The Balaban J connectivity index is 2.66. The van der Waals surface area contributed by atoms with Gasteiger partial charge in [-0.05, 0) is 19.1 Å². The van der Waals surface area contributed by atoms with E-state index in [2.05, 4.69) is 32.9 Å². The van der Waals surface area contributed by atoms with Crippen molar-refractivity contribution in [3.8, 4) is 0 Å². The summed E-state index contributed by atoms with van der Waals surface area (Å²) >= 11 is 1.79. The fraction of sp³-hybridized carbons (Fsp3) is 0.300. The molecule has 11 heavy (non-hydrogen) atoms. The van der Waals surface area contributed by atoms with Crippen LogP contribution < -0.4 is 0 Å². The van der Waals surface area contributed by atoms with E-state index in [1.165, 1.54) is 4.90 Å². The molecule has 0 saturated heterocycles. The van der Waals surface area contributed by atoms with Crippen molar-refractivity contribution in [2.45, 2.75) is 23.5 Å². The van der Waals surface area contributed by atoms with Gasteiger partial charge in [-0.15, -0.1) is 11.8 Å². The van der Waals surface area contributed by atoms with Gasteiger partial charge in [0.1, 0.15) is 0 Å². The molecule has 0 nitrogen and oxygen atoms in total. The van der Waals surface area contributed by atoms with Crippen LogP contribution in [-0.4, -0.2) is 4.75 Å². The maximum absolute atomic E-state index is 4.03. The molecule has 0 aliphatic carbocycles. The van der Waals surface area contributed by atoms with Gasteiger partial charge in [-0.1, -0.05) is 32.0 Å². The highest BCUT2D eigenvalue weighted by Crippen LogP contribution is 2.30. The molecule has 0 aromatic heterocycles. The molecule has 0 atom stereocenters. The Labute approximate surface area is 73.0 Å². The predicted octanol–water partition coefficient (Wildman–Crippen LogP) is 3.39. The molecule has 0 spiro atoms. The summed E-state index contributed by atoms with van der Waals surface area (Å²) in [6, 6.07) is 10.3. The summed E-state index contributed by atoms with van der Waals surface area (Å²) in [7, 11) is 0. The van der Waals surface area contributed by atoms with Gasteiger partial charge in [-0.3, -0.25) is 0 Å². The SMILES string of the molecule is [CH2]C(C)(C)Sc1ccccc1. The molecular weight excluding hydrogens is 152 g/mol. The first-order valence-corrected chi connectivity index (χ1v) is 4.49. The number of rotatable bonds is 2. The molecule has 0 N–H and O–H groups in total. The van der Waals surface area contributed by atoms with E-state index in [4.69, 9.17) is 0 Å². The van der Waals surface area contributed by atoms with Crippen molar-refractivity contribution in [2.24, 2.45) is 0 Å². The molecule has 0 aliphatic rings. The molecule has 1 heteroatoms. The molecule has 1 radical (unpaired) electrons. The monoisotopic (exact) mass is 165 g/mol. The fourth-order valence-electron chi connectivity index (χ4n) is 0.808. The lowest BCUT2D eigenvalue weighted by atomic mass is 10.3. The van der Waals surface area contributed by atoms with Gasteiger partial charge >= 0.3 is 0 Å². The summed E-state index contributed by atoms with van der Waals surface area (Å²) in [5, 5.41) is 0. The minimum Gasteiger partial charge on any atom is -0.120 e. The topological polar surface area (TPSA) is 0 Å². The van der Waals surface area contributed by atoms with Crippen LogP contribution in [0.1, 0.15) is 13.8 Å². The van der Waals surface area contributed by atoms with E-state index in [-0.39, 0.29) is 4.75 Å². The van der Waals surface area contributed by atoms with E-state index in [9.17, 15) is 0 Å². The molecule has 0 fully saturated rings. The van der Waals surface area contributed by atoms with E-state index in [1.807, 2.05) is 18.2 Å². The highest BCUT2D eigenvalue weighted by Gasteiger charge is 2.10. The summed E-state index contributed by atoms with van der Waals surface area (Å²) in [5.74, 6) is 0. The number of hydrogen-bond donors (Lipinski definition) is 0. The highest BCUT2D eigenvalue weighted by atomic mass is 32.2. The lowest BCUT2D eigenvalue weighted by Crippen LogP contribution is -2.06. The number of thioether (sulfide) groups is 1. The summed E-state index contributed by atoms with van der Waals surface area (Å²) in [6.07, 6.45) is 0. The lowest BCUT2D eigenvalue weighted by molar-refractivity contribution is 0.893. The van der Waals surface area contributed by atoms with Gasteiger partial charge < -0.3 is 0 Å². The van der Waals surface area contributed by atoms with Crippen molar-refractivity contribution >= 4 is 11.8 Å². The quantitative estimate of drug-likeness (QED) is 0.605. The van der Waals surface area contributed by atoms with E-state index in [0.29, 0.717) is 0 Å². The molecule has 0 bridgehead atoms. The number of benzene rings is 1. The molecule has 59 valence electrons. The maximum Gasteiger partial charge on any atom is 0.0151 e. The second kappa shape index (κ2) is 3.31. The average molecular weight is 165 g/mol. The Hall–Kier alpha value is -0.430. The van der Waals surface area contributed by atoms with Gasteiger partial charge in [0.05, 0.1) is 0 Å². The zero-order chi connectivity index (χ0) is 8.32. The molecule has 1 aromatic carbocycles. The van der Waals surface area contributed by atoms with Gasteiger partial charge in [-0.2, -0.15) is 0 Å². The van der Waals surface area contributed by atoms with Crippen LogP contribution in [0.15, 0.2) is 35.2 Å². The first kappa shape index (κ1) is 8.66. The van der Waals surface area contributed by atoms with Crippen molar-refractivity contribution < 1.29 is 0 Å². The van der Waals surface area contributed by atoms with Crippen molar-refractivity contribution in [2.75, 3.05) is 0 Å². The van der Waals surface area contributed by atoms with Crippen LogP contribution in [-0.2, 0) is 0 Å². The molecule has 0 aliphatic heterocycles. The molecule has 0 amide bonds. The molecule has 0 unspecified atom stereocenters. The third-order valence-corrected chi connectivity index (χ3v) is 2.20. The normalized spacial score (nSPS) is 11.5. The molecule has 0 heterocycles. The minimum atomic E-state index is 0.0708. The first-order chi connectivity index (χ1) is 5.08. The third-order valence-electron chi connectivity index (χ3n) is 1.14. The highest BCUT2D eigenvalue weighted by molar-refractivity contribution is 8.00. The Kier molecular flexibility index (Phi) is 2.61. The first-order valence-electron chi connectivity index (χ1n) is 3.67. The summed E-state index contributed by atoms with van der Waals surface area (Å²) in [4.78, 5) is 1.28. The van der Waals surface area contributed by atoms with Crippen LogP contribution in [0.2, 0.25) is 0 Å². The third kappa shape index (κ3) is 3.47. The van der Waals surface area contributed by atoms with Crippen LogP contribution in [0.3, 0.4) is 0 Å². The van der Waals surface area contributed by atoms with Crippen LogP contribution in [0.4, 0.5) is 0 Å². The van der Waals surface area contributed by atoms with Crippen LogP contribution in [0.5, 0.6) is 0 Å². The Morgan fingerprint density at radius 3 is 2.18 bits per heavy atom. The minimum absolute atomic E-state index is 0.0708.